The van der Waals surface area contributed by atoms with E-state index in [0.29, 0.717) is 12.3 Å². The number of rotatable bonds is 3. The van der Waals surface area contributed by atoms with E-state index in [4.69, 9.17) is 0 Å². The molecule has 0 saturated heterocycles. The lowest BCUT2D eigenvalue weighted by Gasteiger charge is -1.99. The minimum atomic E-state index is -3.02. The van der Waals surface area contributed by atoms with E-state index < -0.39 is 8.87 Å². The first-order valence-electron chi connectivity index (χ1n) is 2.87. The molecule has 9 heavy (non-hydrogen) atoms. The Balaban J connectivity index is 3.53. The molecular formula is C5H12O2S2. The fourth-order valence-electron chi connectivity index (χ4n) is 0.385. The summed E-state index contributed by atoms with van der Waals surface area (Å²) >= 11 is 3.40. The van der Waals surface area contributed by atoms with E-state index in [1.165, 1.54) is 0 Å². The molecule has 0 aromatic carbocycles. The van der Waals surface area contributed by atoms with Crippen molar-refractivity contribution in [3.8, 4) is 0 Å². The zero-order valence-corrected chi connectivity index (χ0v) is 7.37. The van der Waals surface area contributed by atoms with Gasteiger partial charge in [0.2, 0.25) is 0 Å². The van der Waals surface area contributed by atoms with Crippen LogP contribution in [0, 0.1) is 5.92 Å². The van der Waals surface area contributed by atoms with Gasteiger partial charge in [0.25, 0.3) is 0 Å². The van der Waals surface area contributed by atoms with Crippen molar-refractivity contribution in [1.82, 2.24) is 0 Å². The first kappa shape index (κ1) is 9.30. The predicted octanol–water partition coefficient (Wildman–Crippen LogP) is 1.29. The molecule has 56 valence electrons. The number of hydrogen-bond donors (Lipinski definition) is 1. The Hall–Kier alpha value is 0.300. The summed E-state index contributed by atoms with van der Waals surface area (Å²) in [6.45, 7) is 3.97. The number of hydrogen-bond acceptors (Lipinski definition) is 2. The van der Waals surface area contributed by atoms with Crippen molar-refractivity contribution < 1.29 is 8.42 Å². The molecule has 0 rings (SSSR count). The molecule has 0 bridgehead atoms. The molecule has 0 amide bonds. The van der Waals surface area contributed by atoms with E-state index in [2.05, 4.69) is 11.7 Å². The van der Waals surface area contributed by atoms with E-state index in [1.807, 2.05) is 13.8 Å². The number of thiol groups is 1. The maximum Gasteiger partial charge on any atom is 0.198 e. The summed E-state index contributed by atoms with van der Waals surface area (Å²) < 4.78 is 20.8. The fraction of sp³-hybridized carbons (Fsp3) is 1.00. The normalized spacial score (nSPS) is 12.4. The van der Waals surface area contributed by atoms with Gasteiger partial charge in [0.15, 0.2) is 8.87 Å². The van der Waals surface area contributed by atoms with Gasteiger partial charge in [0, 0.05) is 0 Å². The highest BCUT2D eigenvalue weighted by atomic mass is 33.1. The average molecular weight is 168 g/mol. The molecule has 0 fully saturated rings. The van der Waals surface area contributed by atoms with Gasteiger partial charge in [-0.05, 0) is 24.0 Å². The smallest absolute Gasteiger partial charge is 0.198 e. The first-order chi connectivity index (χ1) is 3.92. The van der Waals surface area contributed by atoms with Crippen molar-refractivity contribution in [2.24, 2.45) is 5.92 Å². The van der Waals surface area contributed by atoms with Crippen LogP contribution in [0.1, 0.15) is 20.3 Å². The molecule has 0 saturated carbocycles. The summed E-state index contributed by atoms with van der Waals surface area (Å²) in [6, 6.07) is 0. The second-order valence-corrected chi connectivity index (χ2v) is 5.71. The summed E-state index contributed by atoms with van der Waals surface area (Å²) in [7, 11) is -3.02. The maximum absolute atomic E-state index is 10.4. The minimum Gasteiger partial charge on any atom is -0.218 e. The summed E-state index contributed by atoms with van der Waals surface area (Å²) in [5, 5.41) is 0. The average Bonchev–Trinajstić information content (AvgIpc) is 1.59. The molecule has 0 radical (unpaired) electrons. The highest BCUT2D eigenvalue weighted by molar-refractivity contribution is 8.63. The molecule has 0 spiro atoms. The van der Waals surface area contributed by atoms with Crippen molar-refractivity contribution in [2.45, 2.75) is 20.3 Å². The fourth-order valence-corrected chi connectivity index (χ4v) is 1.47. The summed E-state index contributed by atoms with van der Waals surface area (Å²) in [5.41, 5.74) is 0. The van der Waals surface area contributed by atoms with Gasteiger partial charge in [-0.25, -0.2) is 8.42 Å². The van der Waals surface area contributed by atoms with Crippen molar-refractivity contribution in [2.75, 3.05) is 5.75 Å². The van der Waals surface area contributed by atoms with Crippen molar-refractivity contribution >= 4 is 20.5 Å². The van der Waals surface area contributed by atoms with Crippen LogP contribution in [0.4, 0.5) is 0 Å². The molecule has 0 aromatic rings. The molecule has 2 nitrogen and oxygen atoms in total. The van der Waals surface area contributed by atoms with E-state index in [-0.39, 0.29) is 5.75 Å². The van der Waals surface area contributed by atoms with E-state index in [9.17, 15) is 8.42 Å². The molecule has 0 atom stereocenters. The Bertz CT molecular complexity index is 158. The largest absolute Gasteiger partial charge is 0.218 e. The van der Waals surface area contributed by atoms with Crippen LogP contribution in [0.15, 0.2) is 0 Å². The Labute approximate surface area is 61.4 Å². The summed E-state index contributed by atoms with van der Waals surface area (Å²) in [5.74, 6) is 0.625. The quantitative estimate of drug-likeness (QED) is 0.509. The zero-order chi connectivity index (χ0) is 7.49. The van der Waals surface area contributed by atoms with E-state index in [0.717, 1.165) is 0 Å². The summed E-state index contributed by atoms with van der Waals surface area (Å²) in [4.78, 5) is 0. The first-order valence-corrected chi connectivity index (χ1v) is 5.57. The molecule has 0 aliphatic heterocycles. The van der Waals surface area contributed by atoms with Crippen LogP contribution in [0.25, 0.3) is 0 Å². The second-order valence-electron chi connectivity index (χ2n) is 2.47. The van der Waals surface area contributed by atoms with Gasteiger partial charge in [0.05, 0.1) is 5.75 Å². The third-order valence-electron chi connectivity index (χ3n) is 0.953. The standard InChI is InChI=1S/C5H12O2S2/c1-5(2)3-4-9(6,7)8/h5H,3-4H2,1-2H3,(H,6,7,8). The van der Waals surface area contributed by atoms with E-state index in [1.54, 1.807) is 0 Å². The topological polar surface area (TPSA) is 34.1 Å². The van der Waals surface area contributed by atoms with Crippen molar-refractivity contribution in [1.29, 1.82) is 0 Å². The van der Waals surface area contributed by atoms with Crippen LogP contribution < -0.4 is 0 Å². The van der Waals surface area contributed by atoms with Crippen LogP contribution >= 0.6 is 11.7 Å². The molecule has 0 aromatic heterocycles. The molecule has 0 N–H and O–H groups in total. The molecule has 0 aliphatic rings. The third kappa shape index (κ3) is 8.30. The highest BCUT2D eigenvalue weighted by Gasteiger charge is 2.03. The van der Waals surface area contributed by atoms with Gasteiger partial charge < -0.3 is 0 Å². The molecule has 0 heterocycles. The van der Waals surface area contributed by atoms with Gasteiger partial charge in [-0.2, -0.15) is 0 Å². The molecule has 0 aliphatic carbocycles. The lowest BCUT2D eigenvalue weighted by molar-refractivity contribution is 0.586. The third-order valence-corrected chi connectivity index (χ3v) is 2.25. The highest BCUT2D eigenvalue weighted by Crippen LogP contribution is 2.04. The van der Waals surface area contributed by atoms with Gasteiger partial charge in [-0.1, -0.05) is 13.8 Å². The van der Waals surface area contributed by atoms with Crippen molar-refractivity contribution in [3.63, 3.8) is 0 Å². The van der Waals surface area contributed by atoms with E-state index >= 15 is 0 Å². The van der Waals surface area contributed by atoms with Crippen molar-refractivity contribution in [3.05, 3.63) is 0 Å². The van der Waals surface area contributed by atoms with Gasteiger partial charge in [0.1, 0.15) is 0 Å². The van der Waals surface area contributed by atoms with Gasteiger partial charge in [-0.15, -0.1) is 0 Å². The SMILES string of the molecule is CC(C)CCS(=O)(=O)S. The van der Waals surface area contributed by atoms with Crippen LogP contribution in [0.3, 0.4) is 0 Å². The van der Waals surface area contributed by atoms with Gasteiger partial charge in [-0.3, -0.25) is 0 Å². The monoisotopic (exact) mass is 168 g/mol. The Kier molecular flexibility index (Phi) is 3.58. The lowest BCUT2D eigenvalue weighted by atomic mass is 10.2. The van der Waals surface area contributed by atoms with Crippen LogP contribution in [0.5, 0.6) is 0 Å². The van der Waals surface area contributed by atoms with Crippen LogP contribution in [0.2, 0.25) is 0 Å². The summed E-state index contributed by atoms with van der Waals surface area (Å²) in [6.07, 6.45) is 0.700. The second kappa shape index (κ2) is 3.46. The molecule has 4 heteroatoms. The van der Waals surface area contributed by atoms with Crippen LogP contribution in [-0.4, -0.2) is 14.2 Å². The van der Waals surface area contributed by atoms with Crippen LogP contribution in [-0.2, 0) is 8.87 Å². The zero-order valence-electron chi connectivity index (χ0n) is 5.66. The predicted molar refractivity (Wildman–Crippen MR) is 42.2 cm³/mol. The maximum atomic E-state index is 10.4. The molecular weight excluding hydrogens is 156 g/mol. The Morgan fingerprint density at radius 2 is 1.89 bits per heavy atom. The van der Waals surface area contributed by atoms with Gasteiger partial charge >= 0.3 is 0 Å². The lowest BCUT2D eigenvalue weighted by Crippen LogP contribution is -2.00. The minimum absolute atomic E-state index is 0.188. The Morgan fingerprint density at radius 3 is 2.00 bits per heavy atom. The molecule has 0 unspecified atom stereocenters. The Morgan fingerprint density at radius 1 is 1.44 bits per heavy atom.